The number of nitrogens with zero attached hydrogens (tertiary/aromatic N) is 3. The molecule has 0 N–H and O–H groups in total. The van der Waals surface area contributed by atoms with Crippen molar-refractivity contribution in [2.24, 2.45) is 0 Å². The van der Waals surface area contributed by atoms with Gasteiger partial charge in [-0.25, -0.2) is 9.07 Å². The fraction of sp³-hybridized carbons (Fsp3) is 0.250. The van der Waals surface area contributed by atoms with Gasteiger partial charge in [0.2, 0.25) is 0 Å². The molecular weight excluding hydrogens is 221 g/mol. The van der Waals surface area contributed by atoms with E-state index < -0.39 is 0 Å². The minimum atomic E-state index is -0.344. The second-order valence-corrected chi connectivity index (χ2v) is 3.67. The number of carbonyl (C=O) groups excluding carboxylic acids is 1. The van der Waals surface area contributed by atoms with Crippen LogP contribution in [-0.2, 0) is 6.54 Å². The van der Waals surface area contributed by atoms with Crippen LogP contribution in [0.15, 0.2) is 24.3 Å². The van der Waals surface area contributed by atoms with Crippen molar-refractivity contribution in [3.8, 4) is 11.3 Å². The van der Waals surface area contributed by atoms with E-state index in [-0.39, 0.29) is 11.5 Å². The lowest BCUT2D eigenvalue weighted by Gasteiger charge is -2.05. The third kappa shape index (κ3) is 2.22. The maximum Gasteiger partial charge on any atom is 0.172 e. The molecule has 1 heterocycles. The molecule has 0 saturated carbocycles. The highest BCUT2D eigenvalue weighted by Gasteiger charge is 2.14. The average molecular weight is 233 g/mol. The lowest BCUT2D eigenvalue weighted by atomic mass is 10.1. The first-order chi connectivity index (χ1) is 8.26. The Balaban J connectivity index is 2.55. The second kappa shape index (κ2) is 4.86. The van der Waals surface area contributed by atoms with Crippen molar-refractivity contribution in [2.45, 2.75) is 19.9 Å². The third-order valence-corrected chi connectivity index (χ3v) is 2.41. The minimum absolute atomic E-state index is 0.240. The first kappa shape index (κ1) is 11.4. The highest BCUT2D eigenvalue weighted by Crippen LogP contribution is 2.22. The molecule has 0 aliphatic heterocycles. The normalized spacial score (nSPS) is 10.5. The van der Waals surface area contributed by atoms with Gasteiger partial charge in [-0.1, -0.05) is 24.3 Å². The number of hydrogen-bond donors (Lipinski definition) is 0. The number of rotatable bonds is 4. The van der Waals surface area contributed by atoms with Crippen molar-refractivity contribution in [3.63, 3.8) is 0 Å². The average Bonchev–Trinajstić information content (AvgIpc) is 2.72. The van der Waals surface area contributed by atoms with E-state index >= 15 is 0 Å². The van der Waals surface area contributed by atoms with Gasteiger partial charge in [0.15, 0.2) is 12.0 Å². The lowest BCUT2D eigenvalue weighted by molar-refractivity contribution is 0.111. The second-order valence-electron chi connectivity index (χ2n) is 3.67. The highest BCUT2D eigenvalue weighted by atomic mass is 19.1. The van der Waals surface area contributed by atoms with E-state index in [2.05, 4.69) is 10.3 Å². The zero-order valence-corrected chi connectivity index (χ0v) is 9.43. The van der Waals surface area contributed by atoms with Crippen LogP contribution in [0.2, 0.25) is 0 Å². The monoisotopic (exact) mass is 233 g/mol. The smallest absolute Gasteiger partial charge is 0.172 e. The number of aldehydes is 1. The molecule has 0 bridgehead atoms. The van der Waals surface area contributed by atoms with Crippen molar-refractivity contribution in [1.29, 1.82) is 0 Å². The fourth-order valence-electron chi connectivity index (χ4n) is 1.71. The maximum absolute atomic E-state index is 13.2. The molecule has 0 saturated heterocycles. The minimum Gasteiger partial charge on any atom is -0.296 e. The molecule has 0 unspecified atom stereocenters. The Morgan fingerprint density at radius 2 is 2.29 bits per heavy atom. The summed E-state index contributed by atoms with van der Waals surface area (Å²) in [6.07, 6.45) is 1.50. The van der Waals surface area contributed by atoms with E-state index in [1.54, 1.807) is 16.8 Å². The highest BCUT2D eigenvalue weighted by molar-refractivity contribution is 5.83. The van der Waals surface area contributed by atoms with E-state index in [0.29, 0.717) is 24.1 Å². The summed E-state index contributed by atoms with van der Waals surface area (Å²) >= 11 is 0. The van der Waals surface area contributed by atoms with E-state index in [4.69, 9.17) is 0 Å². The van der Waals surface area contributed by atoms with Gasteiger partial charge in [0.05, 0.1) is 5.69 Å². The summed E-state index contributed by atoms with van der Waals surface area (Å²) in [6, 6.07) is 6.07. The molecular formula is C12H12FN3O. The van der Waals surface area contributed by atoms with Crippen molar-refractivity contribution >= 4 is 6.29 Å². The van der Waals surface area contributed by atoms with E-state index in [1.807, 2.05) is 6.92 Å². The van der Waals surface area contributed by atoms with Crippen LogP contribution in [0.5, 0.6) is 0 Å². The molecule has 0 spiro atoms. The Bertz CT molecular complexity index is 536. The van der Waals surface area contributed by atoms with Gasteiger partial charge in [0.25, 0.3) is 0 Å². The summed E-state index contributed by atoms with van der Waals surface area (Å²) < 4.78 is 14.8. The fourth-order valence-corrected chi connectivity index (χ4v) is 1.71. The molecule has 0 aliphatic carbocycles. The van der Waals surface area contributed by atoms with Gasteiger partial charge in [-0.3, -0.25) is 4.79 Å². The van der Waals surface area contributed by atoms with Crippen LogP contribution in [0.4, 0.5) is 4.39 Å². The molecule has 5 heteroatoms. The summed E-state index contributed by atoms with van der Waals surface area (Å²) in [4.78, 5) is 10.9. The largest absolute Gasteiger partial charge is 0.296 e. The first-order valence-electron chi connectivity index (χ1n) is 5.41. The first-order valence-corrected chi connectivity index (χ1v) is 5.41. The molecule has 0 radical (unpaired) electrons. The Labute approximate surface area is 98.1 Å². The van der Waals surface area contributed by atoms with Gasteiger partial charge in [-0.15, -0.1) is 5.10 Å². The Hall–Kier alpha value is -2.04. The standard InChI is InChI=1S/C12H12FN3O/c1-2-6-16-12(11(8-17)14-15-16)9-4-3-5-10(13)7-9/h3-5,7-8H,2,6H2,1H3. The van der Waals surface area contributed by atoms with Crippen LogP contribution in [0.3, 0.4) is 0 Å². The van der Waals surface area contributed by atoms with Crippen LogP contribution in [0, 0.1) is 5.82 Å². The van der Waals surface area contributed by atoms with E-state index in [1.165, 1.54) is 12.1 Å². The van der Waals surface area contributed by atoms with Crippen LogP contribution in [-0.4, -0.2) is 21.3 Å². The van der Waals surface area contributed by atoms with Gasteiger partial charge < -0.3 is 0 Å². The number of aromatic nitrogens is 3. The van der Waals surface area contributed by atoms with Gasteiger partial charge in [-0.2, -0.15) is 0 Å². The molecule has 88 valence electrons. The molecule has 17 heavy (non-hydrogen) atoms. The zero-order chi connectivity index (χ0) is 12.3. The summed E-state index contributed by atoms with van der Waals surface area (Å²) in [5.41, 5.74) is 1.43. The molecule has 1 aromatic heterocycles. The molecule has 0 fully saturated rings. The number of carbonyl (C=O) groups is 1. The molecule has 0 atom stereocenters. The lowest BCUT2D eigenvalue weighted by Crippen LogP contribution is -2.02. The van der Waals surface area contributed by atoms with Gasteiger partial charge in [-0.05, 0) is 18.6 Å². The van der Waals surface area contributed by atoms with Crippen molar-refractivity contribution in [2.75, 3.05) is 0 Å². The van der Waals surface area contributed by atoms with Crippen molar-refractivity contribution < 1.29 is 9.18 Å². The molecule has 0 amide bonds. The molecule has 0 aliphatic rings. The maximum atomic E-state index is 13.2. The van der Waals surface area contributed by atoms with Crippen molar-refractivity contribution in [1.82, 2.24) is 15.0 Å². The van der Waals surface area contributed by atoms with Crippen molar-refractivity contribution in [3.05, 3.63) is 35.8 Å². The third-order valence-electron chi connectivity index (χ3n) is 2.41. The van der Waals surface area contributed by atoms with Crippen LogP contribution < -0.4 is 0 Å². The Morgan fingerprint density at radius 3 is 2.94 bits per heavy atom. The molecule has 1 aromatic carbocycles. The summed E-state index contributed by atoms with van der Waals surface area (Å²) in [5.74, 6) is -0.344. The number of halogens is 1. The Morgan fingerprint density at radius 1 is 1.47 bits per heavy atom. The predicted octanol–water partition coefficient (Wildman–Crippen LogP) is 2.31. The molecule has 2 rings (SSSR count). The topological polar surface area (TPSA) is 47.8 Å². The number of benzene rings is 1. The summed E-state index contributed by atoms with van der Waals surface area (Å²) in [6.45, 7) is 2.64. The summed E-state index contributed by atoms with van der Waals surface area (Å²) in [7, 11) is 0. The quantitative estimate of drug-likeness (QED) is 0.761. The van der Waals surface area contributed by atoms with Crippen LogP contribution in [0.1, 0.15) is 23.8 Å². The van der Waals surface area contributed by atoms with Gasteiger partial charge in [0.1, 0.15) is 5.82 Å². The summed E-state index contributed by atoms with van der Waals surface area (Å²) in [5, 5.41) is 7.68. The van der Waals surface area contributed by atoms with E-state index in [0.717, 1.165) is 6.42 Å². The van der Waals surface area contributed by atoms with Crippen LogP contribution in [0.25, 0.3) is 11.3 Å². The zero-order valence-electron chi connectivity index (χ0n) is 9.43. The Kier molecular flexibility index (Phi) is 3.27. The molecule has 2 aromatic rings. The predicted molar refractivity (Wildman–Crippen MR) is 61.1 cm³/mol. The van der Waals surface area contributed by atoms with Gasteiger partial charge >= 0.3 is 0 Å². The number of aryl methyl sites for hydroxylation is 1. The SMILES string of the molecule is CCCn1nnc(C=O)c1-c1cccc(F)c1. The molecule has 4 nitrogen and oxygen atoms in total. The van der Waals surface area contributed by atoms with Crippen LogP contribution >= 0.6 is 0 Å². The van der Waals surface area contributed by atoms with E-state index in [9.17, 15) is 9.18 Å². The number of hydrogen-bond acceptors (Lipinski definition) is 3. The van der Waals surface area contributed by atoms with Gasteiger partial charge in [0, 0.05) is 12.1 Å².